The summed E-state index contributed by atoms with van der Waals surface area (Å²) in [5, 5.41) is 15.2. The summed E-state index contributed by atoms with van der Waals surface area (Å²) < 4.78 is 29.4. The van der Waals surface area contributed by atoms with Crippen molar-refractivity contribution in [3.63, 3.8) is 0 Å². The first-order chi connectivity index (χ1) is 15.3. The Morgan fingerprint density at radius 2 is 1.85 bits per heavy atom. The number of hydrogen-bond acceptors (Lipinski definition) is 11. The van der Waals surface area contributed by atoms with E-state index in [4.69, 9.17) is 15.6 Å². The van der Waals surface area contributed by atoms with Crippen molar-refractivity contribution in [1.82, 2.24) is 24.7 Å². The highest BCUT2D eigenvalue weighted by atomic mass is 32.2. The van der Waals surface area contributed by atoms with Crippen LogP contribution < -0.4 is 21.5 Å². The van der Waals surface area contributed by atoms with Gasteiger partial charge in [-0.25, -0.2) is 28.3 Å². The third-order valence-electron chi connectivity index (χ3n) is 4.07. The molecule has 0 bridgehead atoms. The topological polar surface area (TPSA) is 193 Å². The molecule has 0 unspecified atom stereocenters. The highest BCUT2D eigenvalue weighted by Gasteiger charge is 2.22. The second-order valence-electron chi connectivity index (χ2n) is 8.06. The van der Waals surface area contributed by atoms with Crippen molar-refractivity contribution in [2.75, 3.05) is 16.4 Å². The normalized spacial score (nSPS) is 12.8. The second-order valence-corrected chi connectivity index (χ2v) is 9.62. The lowest BCUT2D eigenvalue weighted by Crippen LogP contribution is -2.34. The van der Waals surface area contributed by atoms with Crippen LogP contribution in [0.25, 0.3) is 5.82 Å². The van der Waals surface area contributed by atoms with Crippen LogP contribution in [0.3, 0.4) is 0 Å². The number of rotatable bonds is 7. The summed E-state index contributed by atoms with van der Waals surface area (Å²) in [5.74, 6) is 0.449. The van der Waals surface area contributed by atoms with E-state index in [2.05, 4.69) is 30.7 Å². The summed E-state index contributed by atoms with van der Waals surface area (Å²) in [7, 11) is -3.79. The van der Waals surface area contributed by atoms with E-state index in [0.29, 0.717) is 17.3 Å². The van der Waals surface area contributed by atoms with Gasteiger partial charge in [-0.05, 0) is 52.0 Å². The summed E-state index contributed by atoms with van der Waals surface area (Å²) >= 11 is 0. The van der Waals surface area contributed by atoms with Gasteiger partial charge in [-0.2, -0.15) is 9.67 Å². The molecular formula is C19H25N9O4S. The highest BCUT2D eigenvalue weighted by Crippen LogP contribution is 2.19. The molecule has 6 N–H and O–H groups in total. The van der Waals surface area contributed by atoms with Crippen LogP contribution >= 0.6 is 0 Å². The van der Waals surface area contributed by atoms with Gasteiger partial charge in [-0.15, -0.1) is 5.10 Å². The molecule has 3 rings (SSSR count). The van der Waals surface area contributed by atoms with Crippen molar-refractivity contribution < 1.29 is 17.9 Å². The number of nitrogens with two attached hydrogens (primary N) is 2. The van der Waals surface area contributed by atoms with Crippen LogP contribution in [-0.2, 0) is 19.6 Å². The summed E-state index contributed by atoms with van der Waals surface area (Å²) in [6.07, 6.45) is 1.29. The minimum atomic E-state index is -3.79. The van der Waals surface area contributed by atoms with Crippen LogP contribution in [0.1, 0.15) is 27.7 Å². The van der Waals surface area contributed by atoms with Gasteiger partial charge in [-0.1, -0.05) is 0 Å². The van der Waals surface area contributed by atoms with Gasteiger partial charge in [0.15, 0.2) is 5.82 Å². The SMILES string of the molecule is C[C@H](Nc1cc(-n2nc(Nc3ccc(S(N)(=O)=O)cc3)nc2N)ncn1)C(=O)OC(C)(C)C. The number of aromatic nitrogens is 5. The molecule has 0 aliphatic carbocycles. The summed E-state index contributed by atoms with van der Waals surface area (Å²) in [6, 6.07) is 6.63. The Balaban J connectivity index is 1.75. The van der Waals surface area contributed by atoms with Gasteiger partial charge in [0, 0.05) is 11.8 Å². The fourth-order valence-corrected chi connectivity index (χ4v) is 3.13. The van der Waals surface area contributed by atoms with Gasteiger partial charge >= 0.3 is 5.97 Å². The van der Waals surface area contributed by atoms with Gasteiger partial charge in [0.1, 0.15) is 23.8 Å². The van der Waals surface area contributed by atoms with Crippen LogP contribution in [0.4, 0.5) is 23.4 Å². The lowest BCUT2D eigenvalue weighted by Gasteiger charge is -2.22. The average Bonchev–Trinajstić information content (AvgIpc) is 3.06. The number of esters is 1. The van der Waals surface area contributed by atoms with Gasteiger partial charge in [0.05, 0.1) is 4.90 Å². The zero-order valence-electron chi connectivity index (χ0n) is 18.5. The Morgan fingerprint density at radius 1 is 1.18 bits per heavy atom. The number of hydrogen-bond donors (Lipinski definition) is 4. The van der Waals surface area contributed by atoms with Crippen molar-refractivity contribution in [2.24, 2.45) is 5.14 Å². The standard InChI is InChI=1S/C19H25N9O4S/c1-11(16(29)32-19(2,3)4)24-14-9-15(23-10-22-14)28-17(20)26-18(27-28)25-12-5-7-13(8-6-12)33(21,30)31/h5-11H,1-4H3,(H2,21,30,31)(H,22,23,24)(H3,20,25,26,27)/t11-/m0/s1. The molecule has 1 aromatic carbocycles. The predicted molar refractivity (Wildman–Crippen MR) is 121 cm³/mol. The predicted octanol–water partition coefficient (Wildman–Crippen LogP) is 1.17. The zero-order chi connectivity index (χ0) is 24.4. The van der Waals surface area contributed by atoms with Crippen LogP contribution in [0.15, 0.2) is 41.6 Å². The number of nitrogen functional groups attached to an aromatic ring is 1. The third kappa shape index (κ3) is 6.36. The number of carbonyl (C=O) groups excluding carboxylic acids is 1. The van der Waals surface area contributed by atoms with Crippen LogP contribution in [0, 0.1) is 0 Å². The molecule has 33 heavy (non-hydrogen) atoms. The summed E-state index contributed by atoms with van der Waals surface area (Å²) in [5.41, 5.74) is 5.89. The van der Waals surface area contributed by atoms with E-state index < -0.39 is 27.6 Å². The van der Waals surface area contributed by atoms with E-state index in [1.54, 1.807) is 33.8 Å². The van der Waals surface area contributed by atoms with Gasteiger partial charge < -0.3 is 21.1 Å². The summed E-state index contributed by atoms with van der Waals surface area (Å²) in [4.78, 5) is 24.6. The maximum atomic E-state index is 12.2. The second kappa shape index (κ2) is 8.99. The minimum absolute atomic E-state index is 0.0207. The van der Waals surface area contributed by atoms with E-state index in [0.717, 1.165) is 0 Å². The number of sulfonamides is 1. The van der Waals surface area contributed by atoms with Crippen molar-refractivity contribution in [3.05, 3.63) is 36.7 Å². The number of nitrogens with zero attached hydrogens (tertiary/aromatic N) is 5. The van der Waals surface area contributed by atoms with Crippen molar-refractivity contribution in [3.8, 4) is 5.82 Å². The van der Waals surface area contributed by atoms with Crippen LogP contribution in [-0.4, -0.2) is 50.8 Å². The Hall–Kier alpha value is -3.78. The fourth-order valence-electron chi connectivity index (χ4n) is 2.62. The molecule has 0 spiro atoms. The van der Waals surface area contributed by atoms with Gasteiger partial charge in [0.2, 0.25) is 21.9 Å². The van der Waals surface area contributed by atoms with Crippen molar-refractivity contribution >= 4 is 39.4 Å². The van der Waals surface area contributed by atoms with Gasteiger partial charge in [-0.3, -0.25) is 0 Å². The third-order valence-corrected chi connectivity index (χ3v) is 4.99. The van der Waals surface area contributed by atoms with Crippen LogP contribution in [0.2, 0.25) is 0 Å². The van der Waals surface area contributed by atoms with E-state index in [9.17, 15) is 13.2 Å². The molecule has 176 valence electrons. The Bertz CT molecular complexity index is 1250. The Kier molecular flexibility index (Phi) is 6.51. The molecule has 2 aromatic heterocycles. The first-order valence-corrected chi connectivity index (χ1v) is 11.3. The maximum Gasteiger partial charge on any atom is 0.328 e. The molecule has 0 fully saturated rings. The number of ether oxygens (including phenoxy) is 1. The molecule has 1 atom stereocenters. The molecule has 0 saturated heterocycles. The zero-order valence-corrected chi connectivity index (χ0v) is 19.3. The number of anilines is 4. The minimum Gasteiger partial charge on any atom is -0.458 e. The first kappa shape index (κ1) is 23.9. The number of nitrogens with one attached hydrogen (secondary N) is 2. The van der Waals surface area contributed by atoms with Crippen molar-refractivity contribution in [2.45, 2.75) is 44.2 Å². The number of primary sulfonamides is 1. The quantitative estimate of drug-likeness (QED) is 0.358. The number of benzene rings is 1. The van der Waals surface area contributed by atoms with Crippen molar-refractivity contribution in [1.29, 1.82) is 0 Å². The van der Waals surface area contributed by atoms with E-state index in [-0.39, 0.29) is 16.8 Å². The van der Waals surface area contributed by atoms with E-state index >= 15 is 0 Å². The molecule has 2 heterocycles. The average molecular weight is 476 g/mol. The lowest BCUT2D eigenvalue weighted by molar-refractivity contribution is -0.155. The largest absolute Gasteiger partial charge is 0.458 e. The monoisotopic (exact) mass is 475 g/mol. The molecule has 0 amide bonds. The van der Waals surface area contributed by atoms with E-state index in [1.165, 1.54) is 35.3 Å². The maximum absolute atomic E-state index is 12.2. The molecule has 3 aromatic rings. The Labute approximate surface area is 190 Å². The molecule has 13 nitrogen and oxygen atoms in total. The van der Waals surface area contributed by atoms with Crippen LogP contribution in [0.5, 0.6) is 0 Å². The van der Waals surface area contributed by atoms with E-state index in [1.807, 2.05) is 0 Å². The highest BCUT2D eigenvalue weighted by molar-refractivity contribution is 7.89. The molecule has 0 aliphatic heterocycles. The Morgan fingerprint density at radius 3 is 2.45 bits per heavy atom. The molecule has 0 aliphatic rings. The molecule has 14 heteroatoms. The number of carbonyl (C=O) groups is 1. The molecule has 0 saturated carbocycles. The lowest BCUT2D eigenvalue weighted by atomic mass is 10.2. The smallest absolute Gasteiger partial charge is 0.328 e. The molecule has 0 radical (unpaired) electrons. The fraction of sp³-hybridized carbons (Fsp3) is 0.316. The first-order valence-electron chi connectivity index (χ1n) is 9.76. The summed E-state index contributed by atoms with van der Waals surface area (Å²) in [6.45, 7) is 7.01. The molecular weight excluding hydrogens is 450 g/mol. The van der Waals surface area contributed by atoms with Gasteiger partial charge in [0.25, 0.3) is 0 Å².